The summed E-state index contributed by atoms with van der Waals surface area (Å²) >= 11 is 0. The number of sulfonamides is 1. The van der Waals surface area contributed by atoms with Crippen molar-refractivity contribution in [3.63, 3.8) is 0 Å². The van der Waals surface area contributed by atoms with Gasteiger partial charge in [-0.1, -0.05) is 24.1 Å². The summed E-state index contributed by atoms with van der Waals surface area (Å²) in [6.07, 6.45) is 3.92. The molecular formula is C17H26N2O3S. The second-order valence-electron chi connectivity index (χ2n) is 6.67. The molecule has 1 fully saturated rings. The molecule has 1 amide bonds. The predicted octanol–water partition coefficient (Wildman–Crippen LogP) is 2.06. The van der Waals surface area contributed by atoms with Crippen molar-refractivity contribution in [1.82, 2.24) is 10.0 Å². The molecule has 1 aromatic carbocycles. The van der Waals surface area contributed by atoms with E-state index < -0.39 is 10.0 Å². The highest BCUT2D eigenvalue weighted by molar-refractivity contribution is 7.88. The van der Waals surface area contributed by atoms with Crippen molar-refractivity contribution < 1.29 is 13.2 Å². The van der Waals surface area contributed by atoms with Crippen molar-refractivity contribution in [3.8, 4) is 0 Å². The first-order valence-corrected chi connectivity index (χ1v) is 9.90. The maximum atomic E-state index is 12.5. The molecule has 2 rings (SSSR count). The van der Waals surface area contributed by atoms with Crippen LogP contribution in [0.25, 0.3) is 0 Å². The number of nitrogens with one attached hydrogen (secondary N) is 2. The zero-order valence-corrected chi connectivity index (χ0v) is 15.1. The van der Waals surface area contributed by atoms with Crippen molar-refractivity contribution >= 4 is 15.9 Å². The lowest BCUT2D eigenvalue weighted by Gasteiger charge is -2.21. The van der Waals surface area contributed by atoms with Gasteiger partial charge in [0.1, 0.15) is 0 Å². The molecule has 2 atom stereocenters. The second-order valence-corrected chi connectivity index (χ2v) is 8.45. The summed E-state index contributed by atoms with van der Waals surface area (Å²) in [5.41, 5.74) is 3.81. The molecule has 0 spiro atoms. The number of carbonyl (C=O) groups is 1. The van der Waals surface area contributed by atoms with Crippen molar-refractivity contribution in [3.05, 3.63) is 34.4 Å². The molecule has 0 aliphatic heterocycles. The topological polar surface area (TPSA) is 75.3 Å². The Morgan fingerprint density at radius 2 is 1.78 bits per heavy atom. The van der Waals surface area contributed by atoms with Crippen LogP contribution in [0.3, 0.4) is 0 Å². The van der Waals surface area contributed by atoms with Crippen LogP contribution in [-0.4, -0.2) is 33.2 Å². The average Bonchev–Trinajstić information content (AvgIpc) is 2.80. The number of carbonyl (C=O) groups excluding carboxylic acids is 1. The third-order valence-corrected chi connectivity index (χ3v) is 5.18. The minimum Gasteiger partial charge on any atom is -0.352 e. The van der Waals surface area contributed by atoms with Gasteiger partial charge in [-0.05, 0) is 50.7 Å². The van der Waals surface area contributed by atoms with E-state index in [1.165, 1.54) is 6.26 Å². The van der Waals surface area contributed by atoms with Gasteiger partial charge in [-0.3, -0.25) is 4.79 Å². The van der Waals surface area contributed by atoms with Crippen LogP contribution in [0.1, 0.15) is 46.3 Å². The Morgan fingerprint density at radius 1 is 1.17 bits per heavy atom. The standard InChI is InChI=1S/C17H26N2O3S/c1-11-8-12(2)16(13(3)9-11)17(20)18-10-14-6-5-7-15(14)19-23(4,21)22/h8-9,14-15,19H,5-7,10H2,1-4H3,(H,18,20)/t14-,15-/m1/s1. The molecule has 1 saturated carbocycles. The molecule has 0 aromatic heterocycles. The Kier molecular flexibility index (Phi) is 5.47. The van der Waals surface area contributed by atoms with Crippen LogP contribution in [0.4, 0.5) is 0 Å². The van der Waals surface area contributed by atoms with Gasteiger partial charge in [-0.2, -0.15) is 0 Å². The molecule has 0 radical (unpaired) electrons. The quantitative estimate of drug-likeness (QED) is 0.863. The van der Waals surface area contributed by atoms with Gasteiger partial charge < -0.3 is 5.32 Å². The lowest BCUT2D eigenvalue weighted by atomic mass is 9.98. The monoisotopic (exact) mass is 338 g/mol. The van der Waals surface area contributed by atoms with Gasteiger partial charge in [0.2, 0.25) is 10.0 Å². The van der Waals surface area contributed by atoms with Crippen LogP contribution in [-0.2, 0) is 10.0 Å². The normalized spacial score (nSPS) is 21.4. The lowest BCUT2D eigenvalue weighted by molar-refractivity contribution is 0.0945. The number of amides is 1. The first-order valence-electron chi connectivity index (χ1n) is 8.00. The molecule has 2 N–H and O–H groups in total. The van der Waals surface area contributed by atoms with Crippen LogP contribution in [0.5, 0.6) is 0 Å². The molecule has 1 aliphatic rings. The van der Waals surface area contributed by atoms with Crippen LogP contribution in [0.2, 0.25) is 0 Å². The van der Waals surface area contributed by atoms with Gasteiger partial charge in [0.05, 0.1) is 6.26 Å². The van der Waals surface area contributed by atoms with Crippen LogP contribution >= 0.6 is 0 Å². The Bertz CT molecular complexity index is 675. The number of benzene rings is 1. The van der Waals surface area contributed by atoms with Crippen molar-refractivity contribution in [1.29, 1.82) is 0 Å². The molecule has 0 saturated heterocycles. The Morgan fingerprint density at radius 3 is 2.35 bits per heavy atom. The number of hydrogen-bond donors (Lipinski definition) is 2. The Labute approximate surface area is 138 Å². The number of hydrogen-bond acceptors (Lipinski definition) is 3. The van der Waals surface area contributed by atoms with E-state index in [0.29, 0.717) is 6.54 Å². The zero-order valence-electron chi connectivity index (χ0n) is 14.3. The van der Waals surface area contributed by atoms with E-state index in [-0.39, 0.29) is 17.9 Å². The van der Waals surface area contributed by atoms with Gasteiger partial charge in [0, 0.05) is 18.2 Å². The molecule has 0 unspecified atom stereocenters. The molecule has 1 aromatic rings. The molecule has 6 heteroatoms. The van der Waals surface area contributed by atoms with E-state index in [4.69, 9.17) is 0 Å². The van der Waals surface area contributed by atoms with Crippen LogP contribution in [0.15, 0.2) is 12.1 Å². The number of rotatable bonds is 5. The third-order valence-electron chi connectivity index (χ3n) is 4.45. The van der Waals surface area contributed by atoms with E-state index in [2.05, 4.69) is 10.0 Å². The van der Waals surface area contributed by atoms with Gasteiger partial charge in [-0.15, -0.1) is 0 Å². The maximum absolute atomic E-state index is 12.5. The fraction of sp³-hybridized carbons (Fsp3) is 0.588. The summed E-state index contributed by atoms with van der Waals surface area (Å²) in [7, 11) is -3.21. The fourth-order valence-corrected chi connectivity index (χ4v) is 4.42. The van der Waals surface area contributed by atoms with Crippen molar-refractivity contribution in [2.45, 2.75) is 46.1 Å². The summed E-state index contributed by atoms with van der Waals surface area (Å²) in [5, 5.41) is 2.98. The third kappa shape index (κ3) is 4.78. The fourth-order valence-electron chi connectivity index (χ4n) is 3.56. The highest BCUT2D eigenvalue weighted by atomic mass is 32.2. The summed E-state index contributed by atoms with van der Waals surface area (Å²) in [5.74, 6) is 0.0738. The minimum absolute atomic E-state index is 0.0782. The molecule has 5 nitrogen and oxygen atoms in total. The van der Waals surface area contributed by atoms with Gasteiger partial charge in [0.15, 0.2) is 0 Å². The SMILES string of the molecule is Cc1cc(C)c(C(=O)NC[C@H]2CCC[C@H]2NS(C)(=O)=O)c(C)c1. The maximum Gasteiger partial charge on any atom is 0.251 e. The van der Waals surface area contributed by atoms with Gasteiger partial charge in [-0.25, -0.2) is 13.1 Å². The first kappa shape index (κ1) is 17.9. The van der Waals surface area contributed by atoms with E-state index in [0.717, 1.165) is 41.5 Å². The highest BCUT2D eigenvalue weighted by Crippen LogP contribution is 2.26. The summed E-state index contributed by atoms with van der Waals surface area (Å²) in [4.78, 5) is 12.5. The van der Waals surface area contributed by atoms with Crippen molar-refractivity contribution in [2.24, 2.45) is 5.92 Å². The highest BCUT2D eigenvalue weighted by Gasteiger charge is 2.29. The van der Waals surface area contributed by atoms with Crippen LogP contribution in [0, 0.1) is 26.7 Å². The smallest absolute Gasteiger partial charge is 0.251 e. The zero-order chi connectivity index (χ0) is 17.2. The van der Waals surface area contributed by atoms with Gasteiger partial charge >= 0.3 is 0 Å². The average molecular weight is 338 g/mol. The molecule has 0 bridgehead atoms. The second kappa shape index (κ2) is 7.01. The lowest BCUT2D eigenvalue weighted by Crippen LogP contribution is -2.41. The Balaban J connectivity index is 2.02. The molecule has 0 heterocycles. The molecule has 1 aliphatic carbocycles. The molecular weight excluding hydrogens is 312 g/mol. The summed E-state index contributed by atoms with van der Waals surface area (Å²) in [6.45, 7) is 6.40. The van der Waals surface area contributed by atoms with Crippen molar-refractivity contribution in [2.75, 3.05) is 12.8 Å². The van der Waals surface area contributed by atoms with E-state index >= 15 is 0 Å². The molecule has 128 valence electrons. The van der Waals surface area contributed by atoms with Gasteiger partial charge in [0.25, 0.3) is 5.91 Å². The summed E-state index contributed by atoms with van der Waals surface area (Å²) in [6, 6.07) is 3.93. The predicted molar refractivity (Wildman–Crippen MR) is 92.1 cm³/mol. The minimum atomic E-state index is -3.21. The Hall–Kier alpha value is -1.40. The first-order chi connectivity index (χ1) is 10.7. The van der Waals surface area contributed by atoms with E-state index in [9.17, 15) is 13.2 Å². The number of aryl methyl sites for hydroxylation is 3. The summed E-state index contributed by atoms with van der Waals surface area (Å²) < 4.78 is 25.5. The largest absolute Gasteiger partial charge is 0.352 e. The van der Waals surface area contributed by atoms with E-state index in [1.54, 1.807) is 0 Å². The van der Waals surface area contributed by atoms with Crippen LogP contribution < -0.4 is 10.0 Å². The molecule has 23 heavy (non-hydrogen) atoms. The van der Waals surface area contributed by atoms with E-state index in [1.807, 2.05) is 32.9 Å².